The summed E-state index contributed by atoms with van der Waals surface area (Å²) in [4.78, 5) is 4.29. The monoisotopic (exact) mass is 274 g/mol. The van der Waals surface area contributed by atoms with Crippen molar-refractivity contribution in [1.82, 2.24) is 4.98 Å². The Kier molecular flexibility index (Phi) is 4.27. The maximum Gasteiger partial charge on any atom is 0.130 e. The van der Waals surface area contributed by atoms with Gasteiger partial charge in [0.2, 0.25) is 0 Å². The van der Waals surface area contributed by atoms with E-state index < -0.39 is 0 Å². The lowest BCUT2D eigenvalue weighted by molar-refractivity contribution is 0.960. The van der Waals surface area contributed by atoms with Crippen LogP contribution in [0.15, 0.2) is 79.0 Å². The third-order valence-electron chi connectivity index (χ3n) is 3.41. The van der Waals surface area contributed by atoms with Gasteiger partial charge in [-0.15, -0.1) is 0 Å². The molecule has 0 atom stereocenters. The number of anilines is 2. The summed E-state index contributed by atoms with van der Waals surface area (Å²) in [6.45, 7) is 0. The highest BCUT2D eigenvalue weighted by molar-refractivity contribution is 5.56. The van der Waals surface area contributed by atoms with Crippen molar-refractivity contribution >= 4 is 11.5 Å². The van der Waals surface area contributed by atoms with Crippen LogP contribution in [0, 0.1) is 0 Å². The Morgan fingerprint density at radius 1 is 0.714 bits per heavy atom. The van der Waals surface area contributed by atoms with E-state index in [-0.39, 0.29) is 0 Å². The van der Waals surface area contributed by atoms with Gasteiger partial charge in [-0.2, -0.15) is 0 Å². The molecule has 0 aliphatic rings. The average Bonchev–Trinajstić information content (AvgIpc) is 2.55. The molecule has 3 aromatic rings. The summed E-state index contributed by atoms with van der Waals surface area (Å²) in [5.41, 5.74) is 3.79. The molecule has 0 saturated carbocycles. The lowest BCUT2D eigenvalue weighted by atomic mass is 10.0. The van der Waals surface area contributed by atoms with Crippen molar-refractivity contribution in [2.45, 2.75) is 12.8 Å². The third-order valence-corrected chi connectivity index (χ3v) is 3.41. The van der Waals surface area contributed by atoms with Crippen molar-refractivity contribution in [3.63, 3.8) is 0 Å². The molecule has 2 nitrogen and oxygen atoms in total. The van der Waals surface area contributed by atoms with E-state index in [0.717, 1.165) is 24.3 Å². The van der Waals surface area contributed by atoms with Gasteiger partial charge in [0.1, 0.15) is 5.82 Å². The minimum absolute atomic E-state index is 0.873. The van der Waals surface area contributed by atoms with Crippen molar-refractivity contribution in [2.75, 3.05) is 5.32 Å². The lowest BCUT2D eigenvalue weighted by Gasteiger charge is -2.08. The Hall–Kier alpha value is -2.61. The topological polar surface area (TPSA) is 24.9 Å². The molecular formula is C19H18N2. The number of pyridine rings is 1. The SMILES string of the molecule is c1ccc(CCc2cccc(Nc3ccccn3)c2)cc1. The molecular weight excluding hydrogens is 256 g/mol. The Labute approximate surface area is 125 Å². The average molecular weight is 274 g/mol. The predicted octanol–water partition coefficient (Wildman–Crippen LogP) is 4.61. The Morgan fingerprint density at radius 3 is 2.29 bits per heavy atom. The first kappa shape index (κ1) is 13.4. The van der Waals surface area contributed by atoms with Crippen LogP contribution in [0.1, 0.15) is 11.1 Å². The summed E-state index contributed by atoms with van der Waals surface area (Å²) in [6.07, 6.45) is 3.90. The largest absolute Gasteiger partial charge is 0.340 e. The van der Waals surface area contributed by atoms with E-state index in [4.69, 9.17) is 0 Å². The van der Waals surface area contributed by atoms with Crippen molar-refractivity contribution in [1.29, 1.82) is 0 Å². The zero-order valence-electron chi connectivity index (χ0n) is 11.9. The van der Waals surface area contributed by atoms with E-state index in [1.165, 1.54) is 11.1 Å². The summed E-state index contributed by atoms with van der Waals surface area (Å²) >= 11 is 0. The van der Waals surface area contributed by atoms with E-state index in [0.29, 0.717) is 0 Å². The van der Waals surface area contributed by atoms with Crippen LogP contribution >= 0.6 is 0 Å². The number of nitrogens with one attached hydrogen (secondary N) is 1. The first-order valence-corrected chi connectivity index (χ1v) is 7.21. The maximum atomic E-state index is 4.29. The summed E-state index contributed by atoms with van der Waals surface area (Å²) < 4.78 is 0. The molecule has 0 unspecified atom stereocenters. The molecule has 0 fully saturated rings. The van der Waals surface area contributed by atoms with Gasteiger partial charge < -0.3 is 5.32 Å². The summed E-state index contributed by atoms with van der Waals surface area (Å²) in [5, 5.41) is 3.33. The molecule has 0 amide bonds. The highest BCUT2D eigenvalue weighted by atomic mass is 15.0. The zero-order valence-corrected chi connectivity index (χ0v) is 11.9. The number of hydrogen-bond acceptors (Lipinski definition) is 2. The normalized spacial score (nSPS) is 10.3. The molecule has 1 heterocycles. The van der Waals surface area contributed by atoms with Crippen LogP contribution in [0.2, 0.25) is 0 Å². The Bertz CT molecular complexity index is 678. The molecule has 0 radical (unpaired) electrons. The third kappa shape index (κ3) is 3.93. The molecule has 104 valence electrons. The van der Waals surface area contributed by atoms with E-state index in [2.05, 4.69) is 64.9 Å². The smallest absolute Gasteiger partial charge is 0.130 e. The molecule has 3 rings (SSSR count). The summed E-state index contributed by atoms with van der Waals surface area (Å²) in [6, 6.07) is 25.0. The van der Waals surface area contributed by atoms with E-state index >= 15 is 0 Å². The summed E-state index contributed by atoms with van der Waals surface area (Å²) in [7, 11) is 0. The van der Waals surface area contributed by atoms with Crippen LogP contribution in [-0.2, 0) is 12.8 Å². The van der Waals surface area contributed by atoms with E-state index in [1.54, 1.807) is 6.20 Å². The van der Waals surface area contributed by atoms with E-state index in [1.807, 2.05) is 18.2 Å². The molecule has 0 aliphatic heterocycles. The molecule has 2 heteroatoms. The van der Waals surface area contributed by atoms with Crippen LogP contribution in [0.25, 0.3) is 0 Å². The van der Waals surface area contributed by atoms with Crippen LogP contribution in [0.4, 0.5) is 11.5 Å². The molecule has 21 heavy (non-hydrogen) atoms. The Balaban J connectivity index is 1.66. The lowest BCUT2D eigenvalue weighted by Crippen LogP contribution is -1.95. The molecule has 0 saturated heterocycles. The molecule has 0 aliphatic carbocycles. The maximum absolute atomic E-state index is 4.29. The van der Waals surface area contributed by atoms with Gasteiger partial charge in [0.15, 0.2) is 0 Å². The molecule has 1 aromatic heterocycles. The molecule has 0 spiro atoms. The van der Waals surface area contributed by atoms with Gasteiger partial charge >= 0.3 is 0 Å². The number of benzene rings is 2. The van der Waals surface area contributed by atoms with Crippen LogP contribution < -0.4 is 5.32 Å². The number of aryl methyl sites for hydroxylation is 2. The Morgan fingerprint density at radius 2 is 1.48 bits per heavy atom. The van der Waals surface area contributed by atoms with Crippen LogP contribution in [-0.4, -0.2) is 4.98 Å². The van der Waals surface area contributed by atoms with Gasteiger partial charge in [0.05, 0.1) is 0 Å². The second kappa shape index (κ2) is 6.71. The van der Waals surface area contributed by atoms with Crippen molar-refractivity contribution in [2.24, 2.45) is 0 Å². The van der Waals surface area contributed by atoms with Crippen molar-refractivity contribution < 1.29 is 0 Å². The van der Waals surface area contributed by atoms with Crippen LogP contribution in [0.3, 0.4) is 0 Å². The second-order valence-electron chi connectivity index (χ2n) is 5.03. The first-order valence-electron chi connectivity index (χ1n) is 7.21. The minimum Gasteiger partial charge on any atom is -0.340 e. The molecule has 2 aromatic carbocycles. The first-order chi connectivity index (χ1) is 10.4. The number of hydrogen-bond donors (Lipinski definition) is 1. The van der Waals surface area contributed by atoms with Crippen LogP contribution in [0.5, 0.6) is 0 Å². The van der Waals surface area contributed by atoms with Gasteiger partial charge in [0.25, 0.3) is 0 Å². The van der Waals surface area contributed by atoms with Gasteiger partial charge in [0, 0.05) is 11.9 Å². The summed E-state index contributed by atoms with van der Waals surface area (Å²) in [5.74, 6) is 0.873. The van der Waals surface area contributed by atoms with Crippen molar-refractivity contribution in [3.05, 3.63) is 90.1 Å². The van der Waals surface area contributed by atoms with Gasteiger partial charge in [-0.1, -0.05) is 48.5 Å². The fourth-order valence-corrected chi connectivity index (χ4v) is 2.32. The fourth-order valence-electron chi connectivity index (χ4n) is 2.32. The zero-order chi connectivity index (χ0) is 14.3. The molecule has 0 bridgehead atoms. The van der Waals surface area contributed by atoms with E-state index in [9.17, 15) is 0 Å². The second-order valence-corrected chi connectivity index (χ2v) is 5.03. The quantitative estimate of drug-likeness (QED) is 0.735. The minimum atomic E-state index is 0.873. The predicted molar refractivity (Wildman–Crippen MR) is 87.8 cm³/mol. The van der Waals surface area contributed by atoms with Gasteiger partial charge in [-0.3, -0.25) is 0 Å². The van der Waals surface area contributed by atoms with Gasteiger partial charge in [-0.25, -0.2) is 4.98 Å². The fraction of sp³-hybridized carbons (Fsp3) is 0.105. The standard InChI is InChI=1S/C19H18N2/c1-2-7-16(8-3-1)12-13-17-9-6-10-18(15-17)21-19-11-4-5-14-20-19/h1-11,14-15H,12-13H2,(H,20,21). The highest BCUT2D eigenvalue weighted by Gasteiger charge is 1.99. The highest BCUT2D eigenvalue weighted by Crippen LogP contribution is 2.17. The number of rotatable bonds is 5. The van der Waals surface area contributed by atoms with Gasteiger partial charge in [-0.05, 0) is 48.2 Å². The molecule has 1 N–H and O–H groups in total. The number of aromatic nitrogens is 1. The number of nitrogens with zero attached hydrogens (tertiary/aromatic N) is 1. The van der Waals surface area contributed by atoms with Crippen molar-refractivity contribution in [3.8, 4) is 0 Å².